The molecule has 1 saturated heterocycles. The monoisotopic (exact) mass is 372 g/mol. The molecule has 1 aliphatic heterocycles. The highest BCUT2D eigenvalue weighted by Gasteiger charge is 2.34. The van der Waals surface area contributed by atoms with Gasteiger partial charge in [0.15, 0.2) is 0 Å². The smallest absolute Gasteiger partial charge is 0.323 e. The molecule has 8 heteroatoms. The largest absolute Gasteiger partial charge is 0.480 e. The Morgan fingerprint density at radius 2 is 2.04 bits per heavy atom. The quantitative estimate of drug-likeness (QED) is 0.749. The number of hydrogen-bond donors (Lipinski definition) is 3. The van der Waals surface area contributed by atoms with Crippen LogP contribution in [0.25, 0.3) is 10.9 Å². The van der Waals surface area contributed by atoms with E-state index in [0.29, 0.717) is 18.7 Å². The van der Waals surface area contributed by atoms with E-state index in [-0.39, 0.29) is 24.5 Å². The number of carboxylic acids is 1. The maximum Gasteiger partial charge on any atom is 0.323 e. The van der Waals surface area contributed by atoms with Crippen LogP contribution in [0, 0.1) is 0 Å². The van der Waals surface area contributed by atoms with Crippen LogP contribution >= 0.6 is 0 Å². The molecule has 0 aliphatic carbocycles. The fourth-order valence-corrected chi connectivity index (χ4v) is 3.40. The Hall–Kier alpha value is -3.03. The SMILES string of the molecule is CC(C)NC(=O)N1CCC[C@H]1C(=O)Nc1ccc2c(ccn2CC(=O)O)c1. The minimum absolute atomic E-state index is 0.0130. The number of anilines is 1. The van der Waals surface area contributed by atoms with Gasteiger partial charge in [-0.05, 0) is 51.0 Å². The predicted molar refractivity (Wildman–Crippen MR) is 102 cm³/mol. The molecular weight excluding hydrogens is 348 g/mol. The molecule has 27 heavy (non-hydrogen) atoms. The van der Waals surface area contributed by atoms with Gasteiger partial charge in [-0.1, -0.05) is 0 Å². The Bertz CT molecular complexity index is 874. The summed E-state index contributed by atoms with van der Waals surface area (Å²) in [6.07, 6.45) is 3.13. The number of amides is 3. The maximum absolute atomic E-state index is 12.7. The average Bonchev–Trinajstić information content (AvgIpc) is 3.21. The first-order chi connectivity index (χ1) is 12.8. The molecule has 1 aromatic heterocycles. The molecule has 1 fully saturated rings. The first kappa shape index (κ1) is 18.8. The van der Waals surface area contributed by atoms with E-state index in [0.717, 1.165) is 17.3 Å². The second-order valence-corrected chi connectivity index (χ2v) is 7.06. The third-order valence-corrected chi connectivity index (χ3v) is 4.57. The van der Waals surface area contributed by atoms with E-state index in [1.165, 1.54) is 0 Å². The van der Waals surface area contributed by atoms with Crippen molar-refractivity contribution in [2.24, 2.45) is 0 Å². The lowest BCUT2D eigenvalue weighted by atomic mass is 10.2. The van der Waals surface area contributed by atoms with E-state index < -0.39 is 12.0 Å². The topological polar surface area (TPSA) is 104 Å². The van der Waals surface area contributed by atoms with Gasteiger partial charge in [-0.25, -0.2) is 4.79 Å². The van der Waals surface area contributed by atoms with Crippen LogP contribution in [-0.2, 0) is 16.1 Å². The van der Waals surface area contributed by atoms with Crippen LogP contribution in [0.1, 0.15) is 26.7 Å². The second-order valence-electron chi connectivity index (χ2n) is 7.06. The molecule has 3 rings (SSSR count). The standard InChI is InChI=1S/C19H24N4O4/c1-12(2)20-19(27)23-8-3-4-16(23)18(26)21-14-5-6-15-13(10-14)7-9-22(15)11-17(24)25/h5-7,9-10,12,16H,3-4,8,11H2,1-2H3,(H,20,27)(H,21,26)(H,24,25)/t16-/m0/s1. The molecule has 3 amide bonds. The first-order valence-corrected chi connectivity index (χ1v) is 9.04. The summed E-state index contributed by atoms with van der Waals surface area (Å²) in [7, 11) is 0. The number of benzene rings is 1. The highest BCUT2D eigenvalue weighted by Crippen LogP contribution is 2.23. The van der Waals surface area contributed by atoms with E-state index >= 15 is 0 Å². The predicted octanol–water partition coefficient (Wildman–Crippen LogP) is 2.25. The second kappa shape index (κ2) is 7.69. The zero-order valence-corrected chi connectivity index (χ0v) is 15.4. The van der Waals surface area contributed by atoms with Crippen LogP contribution in [0.3, 0.4) is 0 Å². The molecule has 0 radical (unpaired) electrons. The molecule has 144 valence electrons. The lowest BCUT2D eigenvalue weighted by Gasteiger charge is -2.25. The summed E-state index contributed by atoms with van der Waals surface area (Å²) in [5.41, 5.74) is 1.41. The Balaban J connectivity index is 1.71. The van der Waals surface area contributed by atoms with E-state index in [9.17, 15) is 14.4 Å². The molecule has 1 atom stereocenters. The molecule has 0 saturated carbocycles. The van der Waals surface area contributed by atoms with Gasteiger partial charge in [0.05, 0.1) is 0 Å². The van der Waals surface area contributed by atoms with Crippen molar-refractivity contribution in [3.8, 4) is 0 Å². The zero-order valence-electron chi connectivity index (χ0n) is 15.4. The summed E-state index contributed by atoms with van der Waals surface area (Å²) in [6.45, 7) is 4.22. The van der Waals surface area contributed by atoms with Gasteiger partial charge in [0.1, 0.15) is 12.6 Å². The van der Waals surface area contributed by atoms with Gasteiger partial charge in [0.2, 0.25) is 5.91 Å². The van der Waals surface area contributed by atoms with Crippen LogP contribution < -0.4 is 10.6 Å². The number of urea groups is 1. The van der Waals surface area contributed by atoms with E-state index in [4.69, 9.17) is 5.11 Å². The number of aromatic nitrogens is 1. The van der Waals surface area contributed by atoms with Crippen molar-refractivity contribution in [3.63, 3.8) is 0 Å². The Labute approximate surface area is 157 Å². The van der Waals surface area contributed by atoms with Crippen molar-refractivity contribution < 1.29 is 19.5 Å². The third kappa shape index (κ3) is 4.21. The maximum atomic E-state index is 12.7. The van der Waals surface area contributed by atoms with Gasteiger partial charge < -0.3 is 25.2 Å². The molecule has 2 aromatic rings. The molecule has 0 spiro atoms. The van der Waals surface area contributed by atoms with Crippen molar-refractivity contribution >= 4 is 34.5 Å². The number of carbonyl (C=O) groups excluding carboxylic acids is 2. The third-order valence-electron chi connectivity index (χ3n) is 4.57. The number of aliphatic carboxylic acids is 1. The van der Waals surface area contributed by atoms with Gasteiger partial charge in [-0.2, -0.15) is 0 Å². The molecule has 8 nitrogen and oxygen atoms in total. The highest BCUT2D eigenvalue weighted by atomic mass is 16.4. The molecule has 0 unspecified atom stereocenters. The highest BCUT2D eigenvalue weighted by molar-refractivity contribution is 5.99. The molecule has 2 heterocycles. The summed E-state index contributed by atoms with van der Waals surface area (Å²) >= 11 is 0. The summed E-state index contributed by atoms with van der Waals surface area (Å²) in [5, 5.41) is 15.5. The van der Waals surface area contributed by atoms with Gasteiger partial charge in [0, 0.05) is 35.4 Å². The normalized spacial score (nSPS) is 16.7. The van der Waals surface area contributed by atoms with Crippen molar-refractivity contribution in [1.29, 1.82) is 0 Å². The van der Waals surface area contributed by atoms with Crippen LogP contribution in [0.2, 0.25) is 0 Å². The van der Waals surface area contributed by atoms with Crippen LogP contribution in [-0.4, -0.2) is 51.1 Å². The van der Waals surface area contributed by atoms with Crippen molar-refractivity contribution in [2.45, 2.75) is 45.3 Å². The number of carbonyl (C=O) groups is 3. The zero-order chi connectivity index (χ0) is 19.6. The van der Waals surface area contributed by atoms with E-state index in [2.05, 4.69) is 10.6 Å². The lowest BCUT2D eigenvalue weighted by molar-refractivity contribution is -0.137. The van der Waals surface area contributed by atoms with E-state index in [1.54, 1.807) is 33.9 Å². The number of nitrogens with one attached hydrogen (secondary N) is 2. The Morgan fingerprint density at radius 1 is 1.26 bits per heavy atom. The fourth-order valence-electron chi connectivity index (χ4n) is 3.40. The van der Waals surface area contributed by atoms with Crippen molar-refractivity contribution in [2.75, 3.05) is 11.9 Å². The van der Waals surface area contributed by atoms with Crippen molar-refractivity contribution in [1.82, 2.24) is 14.8 Å². The summed E-state index contributed by atoms with van der Waals surface area (Å²) in [4.78, 5) is 37.4. The molecule has 1 aliphatic rings. The van der Waals surface area contributed by atoms with E-state index in [1.807, 2.05) is 19.9 Å². The average molecular weight is 372 g/mol. The number of fused-ring (bicyclic) bond motifs is 1. The number of likely N-dealkylation sites (tertiary alicyclic amines) is 1. The number of carboxylic acid groups (broad SMARTS) is 1. The Morgan fingerprint density at radius 3 is 2.74 bits per heavy atom. The molecular formula is C19H24N4O4. The minimum atomic E-state index is -0.911. The summed E-state index contributed by atoms with van der Waals surface area (Å²) in [5.74, 6) is -1.12. The molecule has 3 N–H and O–H groups in total. The van der Waals surface area contributed by atoms with Crippen molar-refractivity contribution in [3.05, 3.63) is 30.5 Å². The van der Waals surface area contributed by atoms with Crippen LogP contribution in [0.4, 0.5) is 10.5 Å². The summed E-state index contributed by atoms with van der Waals surface area (Å²) in [6, 6.07) is 6.45. The molecule has 0 bridgehead atoms. The van der Waals surface area contributed by atoms with Gasteiger partial charge >= 0.3 is 12.0 Å². The first-order valence-electron chi connectivity index (χ1n) is 9.04. The van der Waals surface area contributed by atoms with Gasteiger partial charge in [-0.15, -0.1) is 0 Å². The summed E-state index contributed by atoms with van der Waals surface area (Å²) < 4.78 is 1.64. The number of rotatable bonds is 5. The van der Waals surface area contributed by atoms with Gasteiger partial charge in [0.25, 0.3) is 0 Å². The number of nitrogens with zero attached hydrogens (tertiary/aromatic N) is 2. The van der Waals surface area contributed by atoms with Crippen LogP contribution in [0.15, 0.2) is 30.5 Å². The molecule has 1 aromatic carbocycles. The fraction of sp³-hybridized carbons (Fsp3) is 0.421. The van der Waals surface area contributed by atoms with Gasteiger partial charge in [-0.3, -0.25) is 9.59 Å². The Kier molecular flexibility index (Phi) is 5.34. The van der Waals surface area contributed by atoms with Crippen LogP contribution in [0.5, 0.6) is 0 Å². The minimum Gasteiger partial charge on any atom is -0.480 e. The lowest BCUT2D eigenvalue weighted by Crippen LogP contribution is -2.49. The number of hydrogen-bond acceptors (Lipinski definition) is 3.